The topological polar surface area (TPSA) is 54.2 Å². The Morgan fingerprint density at radius 2 is 2.14 bits per heavy atom. The SMILES string of the molecule is CCNC(=NCCCc1cnn(C)c1)NCCC(F)(F)F. The van der Waals surface area contributed by atoms with Gasteiger partial charge in [0.05, 0.1) is 12.6 Å². The molecule has 0 fully saturated rings. The van der Waals surface area contributed by atoms with Gasteiger partial charge in [0.15, 0.2) is 5.96 Å². The van der Waals surface area contributed by atoms with Gasteiger partial charge in [-0.2, -0.15) is 18.3 Å². The lowest BCUT2D eigenvalue weighted by Crippen LogP contribution is -2.39. The monoisotopic (exact) mass is 305 g/mol. The predicted molar refractivity (Wildman–Crippen MR) is 76.2 cm³/mol. The van der Waals surface area contributed by atoms with Gasteiger partial charge in [0, 0.05) is 32.9 Å². The quantitative estimate of drug-likeness (QED) is 0.459. The first-order valence-corrected chi connectivity index (χ1v) is 6.97. The molecule has 0 aliphatic heterocycles. The fourth-order valence-electron chi connectivity index (χ4n) is 1.74. The van der Waals surface area contributed by atoms with Gasteiger partial charge in [-0.3, -0.25) is 9.67 Å². The number of nitrogens with zero attached hydrogens (tertiary/aromatic N) is 3. The summed E-state index contributed by atoms with van der Waals surface area (Å²) in [6, 6.07) is 0. The molecule has 21 heavy (non-hydrogen) atoms. The summed E-state index contributed by atoms with van der Waals surface area (Å²) in [5, 5.41) is 9.68. The fourth-order valence-corrected chi connectivity index (χ4v) is 1.74. The van der Waals surface area contributed by atoms with Gasteiger partial charge < -0.3 is 10.6 Å². The summed E-state index contributed by atoms with van der Waals surface area (Å²) < 4.78 is 38.0. The van der Waals surface area contributed by atoms with Gasteiger partial charge in [-0.05, 0) is 25.3 Å². The first-order chi connectivity index (χ1) is 9.90. The maximum absolute atomic E-state index is 12.1. The average molecular weight is 305 g/mol. The second kappa shape index (κ2) is 8.53. The van der Waals surface area contributed by atoms with Crippen LogP contribution in [0.4, 0.5) is 13.2 Å². The van der Waals surface area contributed by atoms with Crippen molar-refractivity contribution in [3.8, 4) is 0 Å². The van der Waals surface area contributed by atoms with Crippen LogP contribution in [0.25, 0.3) is 0 Å². The zero-order valence-electron chi connectivity index (χ0n) is 12.4. The highest BCUT2D eigenvalue weighted by molar-refractivity contribution is 5.79. The molecular formula is C13H22F3N5. The molecule has 0 amide bonds. The van der Waals surface area contributed by atoms with Gasteiger partial charge in [0.25, 0.3) is 0 Å². The summed E-state index contributed by atoms with van der Waals surface area (Å²) >= 11 is 0. The van der Waals surface area contributed by atoms with E-state index in [0.717, 1.165) is 18.4 Å². The van der Waals surface area contributed by atoms with Crippen molar-refractivity contribution in [2.45, 2.75) is 32.4 Å². The summed E-state index contributed by atoms with van der Waals surface area (Å²) in [5.41, 5.74) is 1.13. The number of aromatic nitrogens is 2. The first kappa shape index (κ1) is 17.3. The molecule has 0 aromatic carbocycles. The van der Waals surface area contributed by atoms with Crippen LogP contribution >= 0.6 is 0 Å². The molecule has 2 N–H and O–H groups in total. The highest BCUT2D eigenvalue weighted by Crippen LogP contribution is 2.17. The second-order valence-corrected chi connectivity index (χ2v) is 4.68. The Bertz CT molecular complexity index is 439. The van der Waals surface area contributed by atoms with Gasteiger partial charge >= 0.3 is 6.18 Å². The fraction of sp³-hybridized carbons (Fsp3) is 0.692. The molecule has 1 rings (SSSR count). The molecule has 0 aliphatic carbocycles. The van der Waals surface area contributed by atoms with Crippen LogP contribution in [0.15, 0.2) is 17.4 Å². The number of guanidine groups is 1. The number of aryl methyl sites for hydroxylation is 2. The predicted octanol–water partition coefficient (Wildman–Crippen LogP) is 1.86. The summed E-state index contributed by atoms with van der Waals surface area (Å²) in [7, 11) is 1.86. The van der Waals surface area contributed by atoms with Crippen molar-refractivity contribution in [2.24, 2.45) is 12.0 Å². The molecule has 0 unspecified atom stereocenters. The third kappa shape index (κ3) is 8.21. The summed E-state index contributed by atoms with van der Waals surface area (Å²) in [6.45, 7) is 2.87. The lowest BCUT2D eigenvalue weighted by Gasteiger charge is -2.12. The number of alkyl halides is 3. The molecule has 5 nitrogen and oxygen atoms in total. The van der Waals surface area contributed by atoms with E-state index in [2.05, 4.69) is 20.7 Å². The Labute approximate surface area is 122 Å². The molecule has 1 aromatic rings. The van der Waals surface area contributed by atoms with Crippen molar-refractivity contribution in [1.29, 1.82) is 0 Å². The number of aliphatic imine (C=N–C) groups is 1. The molecule has 120 valence electrons. The maximum Gasteiger partial charge on any atom is 0.390 e. The maximum atomic E-state index is 12.1. The minimum atomic E-state index is -4.15. The largest absolute Gasteiger partial charge is 0.390 e. The molecule has 1 heterocycles. The summed E-state index contributed by atoms with van der Waals surface area (Å²) in [4.78, 5) is 4.25. The van der Waals surface area contributed by atoms with Crippen LogP contribution in [-0.4, -0.2) is 41.6 Å². The van der Waals surface area contributed by atoms with E-state index in [9.17, 15) is 13.2 Å². The summed E-state index contributed by atoms with van der Waals surface area (Å²) in [5.74, 6) is 0.424. The molecular weight excluding hydrogens is 283 g/mol. The number of hydrogen-bond acceptors (Lipinski definition) is 2. The van der Waals surface area contributed by atoms with Crippen LogP contribution in [0.1, 0.15) is 25.3 Å². The van der Waals surface area contributed by atoms with E-state index >= 15 is 0 Å². The van der Waals surface area contributed by atoms with Crippen LogP contribution in [0.2, 0.25) is 0 Å². The zero-order chi connectivity index (χ0) is 15.7. The Morgan fingerprint density at radius 1 is 1.38 bits per heavy atom. The Morgan fingerprint density at radius 3 is 2.71 bits per heavy atom. The van der Waals surface area contributed by atoms with Crippen LogP contribution in [0.3, 0.4) is 0 Å². The first-order valence-electron chi connectivity index (χ1n) is 6.97. The molecule has 0 saturated heterocycles. The average Bonchev–Trinajstić information content (AvgIpc) is 2.79. The van der Waals surface area contributed by atoms with Crippen molar-refractivity contribution in [3.63, 3.8) is 0 Å². The second-order valence-electron chi connectivity index (χ2n) is 4.68. The van der Waals surface area contributed by atoms with Gasteiger partial charge in [0.1, 0.15) is 0 Å². The minimum absolute atomic E-state index is 0.169. The standard InChI is InChI=1S/C13H22F3N5/c1-3-17-12(19-8-6-13(14,15)16)18-7-4-5-11-9-20-21(2)10-11/h9-10H,3-8H2,1-2H3,(H2,17,18,19). The minimum Gasteiger partial charge on any atom is -0.357 e. The lowest BCUT2D eigenvalue weighted by atomic mass is 10.2. The molecule has 0 bridgehead atoms. The third-order valence-electron chi connectivity index (χ3n) is 2.70. The van der Waals surface area contributed by atoms with Crippen molar-refractivity contribution in [3.05, 3.63) is 18.0 Å². The Balaban J connectivity index is 2.30. The van der Waals surface area contributed by atoms with E-state index in [4.69, 9.17) is 0 Å². The Kier molecular flexibility index (Phi) is 7.04. The van der Waals surface area contributed by atoms with Crippen LogP contribution in [0.5, 0.6) is 0 Å². The number of nitrogens with one attached hydrogen (secondary N) is 2. The highest BCUT2D eigenvalue weighted by Gasteiger charge is 2.26. The van der Waals surface area contributed by atoms with E-state index in [1.165, 1.54) is 0 Å². The van der Waals surface area contributed by atoms with Crippen molar-refractivity contribution in [1.82, 2.24) is 20.4 Å². The van der Waals surface area contributed by atoms with Gasteiger partial charge in [-0.15, -0.1) is 0 Å². The van der Waals surface area contributed by atoms with Crippen molar-refractivity contribution < 1.29 is 13.2 Å². The van der Waals surface area contributed by atoms with Gasteiger partial charge in [0.2, 0.25) is 0 Å². The lowest BCUT2D eigenvalue weighted by molar-refractivity contribution is -0.132. The molecule has 0 radical (unpaired) electrons. The molecule has 1 aromatic heterocycles. The van der Waals surface area contributed by atoms with Crippen molar-refractivity contribution >= 4 is 5.96 Å². The van der Waals surface area contributed by atoms with E-state index in [1.807, 2.05) is 20.2 Å². The molecule has 0 spiro atoms. The number of halogens is 3. The van der Waals surface area contributed by atoms with E-state index in [0.29, 0.717) is 19.0 Å². The van der Waals surface area contributed by atoms with Gasteiger partial charge in [-0.1, -0.05) is 0 Å². The normalized spacial score (nSPS) is 12.5. The van der Waals surface area contributed by atoms with Gasteiger partial charge in [-0.25, -0.2) is 0 Å². The molecule has 0 saturated carbocycles. The van der Waals surface area contributed by atoms with Crippen molar-refractivity contribution in [2.75, 3.05) is 19.6 Å². The molecule has 0 aliphatic rings. The molecule has 0 atom stereocenters. The highest BCUT2D eigenvalue weighted by atomic mass is 19.4. The van der Waals surface area contributed by atoms with E-state index < -0.39 is 12.6 Å². The third-order valence-corrected chi connectivity index (χ3v) is 2.70. The van der Waals surface area contributed by atoms with E-state index in [1.54, 1.807) is 10.9 Å². The van der Waals surface area contributed by atoms with Crippen LogP contribution in [0, 0.1) is 0 Å². The summed E-state index contributed by atoms with van der Waals surface area (Å²) in [6.07, 6.45) is 0.394. The molecule has 8 heteroatoms. The number of rotatable bonds is 7. The van der Waals surface area contributed by atoms with Crippen LogP contribution < -0.4 is 10.6 Å². The van der Waals surface area contributed by atoms with E-state index in [-0.39, 0.29) is 6.54 Å². The smallest absolute Gasteiger partial charge is 0.357 e. The van der Waals surface area contributed by atoms with Crippen LogP contribution in [-0.2, 0) is 13.5 Å². The zero-order valence-corrected chi connectivity index (χ0v) is 12.4. The Hall–Kier alpha value is -1.73. The number of hydrogen-bond donors (Lipinski definition) is 2.